The first-order chi connectivity index (χ1) is 14.6. The van der Waals surface area contributed by atoms with E-state index in [1.807, 2.05) is 72.2 Å². The quantitative estimate of drug-likeness (QED) is 0.304. The Hall–Kier alpha value is -2.42. The molecule has 2 aromatic carbocycles. The van der Waals surface area contributed by atoms with Crippen LogP contribution in [-0.2, 0) is 7.05 Å². The molecular weight excluding hydrogens is 612 g/mol. The molecule has 6 heteroatoms. The van der Waals surface area contributed by atoms with Crippen LogP contribution in [0.3, 0.4) is 0 Å². The van der Waals surface area contributed by atoms with Gasteiger partial charge < -0.3 is 14.0 Å². The van der Waals surface area contributed by atoms with Gasteiger partial charge in [-0.3, -0.25) is 9.89 Å². The SMILES string of the molecule is Cc1c(C(=O)N2CC[C-](c3cnn(C)c3-c3[c-]cccc3)CC2)oc2ccccc12.[U+2]. The van der Waals surface area contributed by atoms with E-state index in [1.165, 1.54) is 5.92 Å². The van der Waals surface area contributed by atoms with Gasteiger partial charge in [-0.25, -0.2) is 0 Å². The summed E-state index contributed by atoms with van der Waals surface area (Å²) in [5.74, 6) is 1.77. The summed E-state index contributed by atoms with van der Waals surface area (Å²) in [6, 6.07) is 19.1. The number of hydrogen-bond acceptors (Lipinski definition) is 3. The van der Waals surface area contributed by atoms with Crippen LogP contribution in [0.5, 0.6) is 0 Å². The van der Waals surface area contributed by atoms with Crippen molar-refractivity contribution in [2.75, 3.05) is 13.1 Å². The molecule has 154 valence electrons. The van der Waals surface area contributed by atoms with Crippen molar-refractivity contribution in [3.05, 3.63) is 83.6 Å². The molecular formula is C25H23N3O2U. The third-order valence-corrected chi connectivity index (χ3v) is 5.98. The number of rotatable bonds is 3. The molecule has 5 rings (SSSR count). The van der Waals surface area contributed by atoms with Crippen LogP contribution in [0.1, 0.15) is 34.5 Å². The molecule has 2 aromatic heterocycles. The third kappa shape index (κ3) is 3.95. The molecule has 0 unspecified atom stereocenters. The monoisotopic (exact) mass is 635 g/mol. The first kappa shape index (κ1) is 21.8. The van der Waals surface area contributed by atoms with Gasteiger partial charge in [-0.1, -0.05) is 37.2 Å². The van der Waals surface area contributed by atoms with E-state index in [2.05, 4.69) is 17.2 Å². The van der Waals surface area contributed by atoms with Gasteiger partial charge in [0.1, 0.15) is 5.58 Å². The summed E-state index contributed by atoms with van der Waals surface area (Å²) in [5.41, 5.74) is 4.96. The number of piperidine rings is 1. The minimum atomic E-state index is -0.0226. The first-order valence-corrected chi connectivity index (χ1v) is 10.2. The molecule has 0 atom stereocenters. The maximum atomic E-state index is 13.1. The molecule has 1 fully saturated rings. The van der Waals surface area contributed by atoms with Gasteiger partial charge in [-0.15, -0.1) is 41.5 Å². The van der Waals surface area contributed by atoms with Crippen molar-refractivity contribution in [3.8, 4) is 11.3 Å². The molecule has 3 heterocycles. The van der Waals surface area contributed by atoms with E-state index in [0.717, 1.165) is 46.2 Å². The summed E-state index contributed by atoms with van der Waals surface area (Å²) in [6.07, 6.45) is 3.60. The molecule has 0 aliphatic carbocycles. The van der Waals surface area contributed by atoms with Crippen molar-refractivity contribution in [1.29, 1.82) is 0 Å². The fraction of sp³-hybridized carbons (Fsp3) is 0.240. The average molecular weight is 636 g/mol. The second kappa shape index (κ2) is 8.98. The van der Waals surface area contributed by atoms with Crippen LogP contribution in [0.4, 0.5) is 0 Å². The molecule has 1 amide bonds. The summed E-state index contributed by atoms with van der Waals surface area (Å²) in [7, 11) is 1.96. The van der Waals surface area contributed by atoms with Crippen molar-refractivity contribution in [3.63, 3.8) is 0 Å². The Labute approximate surface area is 205 Å². The van der Waals surface area contributed by atoms with Crippen molar-refractivity contribution < 1.29 is 40.3 Å². The smallest absolute Gasteiger partial charge is 0.451 e. The van der Waals surface area contributed by atoms with E-state index >= 15 is 0 Å². The zero-order valence-electron chi connectivity index (χ0n) is 17.7. The molecule has 4 aromatic rings. The van der Waals surface area contributed by atoms with Crippen molar-refractivity contribution in [2.24, 2.45) is 7.05 Å². The van der Waals surface area contributed by atoms with E-state index in [9.17, 15) is 4.79 Å². The van der Waals surface area contributed by atoms with Gasteiger partial charge in [-0.05, 0) is 18.7 Å². The number of hydrogen-bond donors (Lipinski definition) is 0. The van der Waals surface area contributed by atoms with Crippen LogP contribution >= 0.6 is 0 Å². The number of nitrogens with zero attached hydrogens (tertiary/aromatic N) is 3. The number of para-hydroxylation sites is 1. The summed E-state index contributed by atoms with van der Waals surface area (Å²) in [6.45, 7) is 3.31. The molecule has 1 saturated heterocycles. The fourth-order valence-corrected chi connectivity index (χ4v) is 4.33. The number of aryl methyl sites for hydroxylation is 2. The molecule has 0 radical (unpaired) electrons. The molecule has 5 nitrogen and oxygen atoms in total. The van der Waals surface area contributed by atoms with Crippen molar-refractivity contribution in [1.82, 2.24) is 14.7 Å². The summed E-state index contributed by atoms with van der Waals surface area (Å²) in [4.78, 5) is 15.0. The molecule has 1 aliphatic rings. The number of furan rings is 1. The van der Waals surface area contributed by atoms with Gasteiger partial charge in [0.2, 0.25) is 0 Å². The number of benzene rings is 2. The number of aromatic nitrogens is 2. The molecule has 1 aliphatic heterocycles. The standard InChI is InChI=1S/C25H23N3O2.U/c1-17-20-10-6-7-11-22(20)30-24(17)25(29)28-14-12-18(13-15-28)21-16-26-27(2)23(21)19-8-4-3-5-9-19;/h3-8,10-11,16H,12-15H2,1-2H3;/q-2;+2. The Morgan fingerprint density at radius 2 is 1.87 bits per heavy atom. The average Bonchev–Trinajstić information content (AvgIpc) is 3.34. The zero-order valence-corrected chi connectivity index (χ0v) is 21.8. The number of fused-ring (bicyclic) bond motifs is 1. The van der Waals surface area contributed by atoms with Gasteiger partial charge >= 0.3 is 31.1 Å². The number of likely N-dealkylation sites (tertiary alicyclic amines) is 1. The maximum absolute atomic E-state index is 13.1. The van der Waals surface area contributed by atoms with Gasteiger partial charge in [-0.2, -0.15) is 5.92 Å². The van der Waals surface area contributed by atoms with Gasteiger partial charge in [0, 0.05) is 31.1 Å². The van der Waals surface area contributed by atoms with Crippen LogP contribution in [0, 0.1) is 50.0 Å². The van der Waals surface area contributed by atoms with Crippen LogP contribution in [0.25, 0.3) is 22.2 Å². The Morgan fingerprint density at radius 1 is 1.13 bits per heavy atom. The summed E-state index contributed by atoms with van der Waals surface area (Å²) >= 11 is 0. The molecule has 0 saturated carbocycles. The minimum Gasteiger partial charge on any atom is -0.451 e. The van der Waals surface area contributed by atoms with Crippen LogP contribution < -0.4 is 0 Å². The zero-order chi connectivity index (χ0) is 20.7. The third-order valence-electron chi connectivity index (χ3n) is 5.98. The first-order valence-electron chi connectivity index (χ1n) is 10.2. The Morgan fingerprint density at radius 3 is 2.58 bits per heavy atom. The van der Waals surface area contributed by atoms with Crippen molar-refractivity contribution in [2.45, 2.75) is 19.8 Å². The van der Waals surface area contributed by atoms with E-state index in [4.69, 9.17) is 4.42 Å². The van der Waals surface area contributed by atoms with E-state index in [0.29, 0.717) is 18.8 Å². The molecule has 0 bridgehead atoms. The molecule has 0 spiro atoms. The second-order valence-corrected chi connectivity index (χ2v) is 7.75. The number of amides is 1. The van der Waals surface area contributed by atoms with E-state index < -0.39 is 0 Å². The topological polar surface area (TPSA) is 51.3 Å². The Bertz CT molecular complexity index is 1200. The number of carbonyl (C=O) groups is 1. The number of carbonyl (C=O) groups excluding carboxylic acids is 1. The predicted octanol–water partition coefficient (Wildman–Crippen LogP) is 4.80. The Balaban J connectivity index is 0.00000231. The van der Waals surface area contributed by atoms with Gasteiger partial charge in [0.15, 0.2) is 5.76 Å². The second-order valence-electron chi connectivity index (χ2n) is 7.75. The van der Waals surface area contributed by atoms with Crippen molar-refractivity contribution >= 4 is 16.9 Å². The van der Waals surface area contributed by atoms with Gasteiger partial charge in [0.25, 0.3) is 5.91 Å². The largest absolute Gasteiger partial charge is 2.00 e. The Kier molecular flexibility index (Phi) is 6.32. The van der Waals surface area contributed by atoms with E-state index in [1.54, 1.807) is 0 Å². The summed E-state index contributed by atoms with van der Waals surface area (Å²) < 4.78 is 7.80. The maximum Gasteiger partial charge on any atom is 2.00 e. The molecule has 31 heavy (non-hydrogen) atoms. The summed E-state index contributed by atoms with van der Waals surface area (Å²) in [5, 5.41) is 5.49. The van der Waals surface area contributed by atoms with Crippen LogP contribution in [0.2, 0.25) is 0 Å². The predicted molar refractivity (Wildman–Crippen MR) is 116 cm³/mol. The fourth-order valence-electron chi connectivity index (χ4n) is 4.33. The van der Waals surface area contributed by atoms with Crippen LogP contribution in [-0.4, -0.2) is 33.7 Å². The van der Waals surface area contributed by atoms with E-state index in [-0.39, 0.29) is 37.0 Å². The van der Waals surface area contributed by atoms with Gasteiger partial charge in [0.05, 0.1) is 0 Å². The normalized spacial score (nSPS) is 14.0. The molecule has 0 N–H and O–H groups in total. The van der Waals surface area contributed by atoms with Crippen LogP contribution in [0.15, 0.2) is 59.1 Å². The minimum absolute atomic E-state index is 0.